The van der Waals surface area contributed by atoms with Gasteiger partial charge in [0.05, 0.1) is 17.6 Å². The third kappa shape index (κ3) is 3.97. The summed E-state index contributed by atoms with van der Waals surface area (Å²) in [4.78, 5) is 8.04. The van der Waals surface area contributed by atoms with Crippen LogP contribution in [0.15, 0.2) is 48.5 Å². The van der Waals surface area contributed by atoms with Crippen molar-refractivity contribution in [3.8, 4) is 17.1 Å². The molecule has 0 fully saturated rings. The van der Waals surface area contributed by atoms with Crippen molar-refractivity contribution >= 4 is 11.0 Å². The molecule has 1 heterocycles. The van der Waals surface area contributed by atoms with E-state index in [1.54, 1.807) is 0 Å². The lowest BCUT2D eigenvalue weighted by Crippen LogP contribution is -2.11. The third-order valence-corrected chi connectivity index (χ3v) is 4.53. The largest absolute Gasteiger partial charge is 0.493 e. The van der Waals surface area contributed by atoms with E-state index in [0.29, 0.717) is 5.92 Å². The molecule has 0 saturated carbocycles. The molecule has 0 aliphatic rings. The Morgan fingerprint density at radius 3 is 2.75 bits per heavy atom. The molecule has 0 amide bonds. The summed E-state index contributed by atoms with van der Waals surface area (Å²) in [6, 6.07) is 16.3. The lowest BCUT2D eigenvalue weighted by atomic mass is 10.0. The Balaban J connectivity index is 1.71. The molecule has 0 radical (unpaired) electrons. The van der Waals surface area contributed by atoms with E-state index in [9.17, 15) is 0 Å². The Morgan fingerprint density at radius 1 is 1.08 bits per heavy atom. The highest BCUT2D eigenvalue weighted by Gasteiger charge is 2.09. The van der Waals surface area contributed by atoms with Gasteiger partial charge in [0.2, 0.25) is 0 Å². The van der Waals surface area contributed by atoms with Gasteiger partial charge >= 0.3 is 0 Å². The predicted octanol–water partition coefficient (Wildman–Crippen LogP) is 5.83. The van der Waals surface area contributed by atoms with Crippen LogP contribution in [0.4, 0.5) is 0 Å². The Hall–Kier alpha value is -2.29. The second-order valence-electron chi connectivity index (χ2n) is 6.36. The molecule has 2 aromatic carbocycles. The van der Waals surface area contributed by atoms with E-state index in [0.717, 1.165) is 34.8 Å². The Bertz CT molecular complexity index is 745. The third-order valence-electron chi connectivity index (χ3n) is 4.53. The summed E-state index contributed by atoms with van der Waals surface area (Å²) in [5, 5.41) is 0. The number of ether oxygens (including phenoxy) is 1. The van der Waals surface area contributed by atoms with E-state index < -0.39 is 0 Å². The number of nitrogens with zero attached hydrogens (tertiary/aromatic N) is 1. The summed E-state index contributed by atoms with van der Waals surface area (Å²) < 4.78 is 6.05. The first-order valence-electron chi connectivity index (χ1n) is 8.98. The topological polar surface area (TPSA) is 37.9 Å². The maximum Gasteiger partial charge on any atom is 0.138 e. The molecule has 3 nitrogen and oxygen atoms in total. The van der Waals surface area contributed by atoms with Gasteiger partial charge in [-0.25, -0.2) is 4.98 Å². The molecule has 0 saturated heterocycles. The van der Waals surface area contributed by atoms with Crippen LogP contribution in [0.25, 0.3) is 22.4 Å². The van der Waals surface area contributed by atoms with Crippen LogP contribution in [-0.4, -0.2) is 16.6 Å². The van der Waals surface area contributed by atoms with Gasteiger partial charge in [-0.1, -0.05) is 57.4 Å². The maximum atomic E-state index is 6.05. The Kier molecular flexibility index (Phi) is 5.52. The fraction of sp³-hybridized carbons (Fsp3) is 0.381. The molecule has 1 atom stereocenters. The number of rotatable bonds is 8. The first kappa shape index (κ1) is 16.6. The fourth-order valence-electron chi connectivity index (χ4n) is 2.93. The molecule has 3 heteroatoms. The number of nitrogens with one attached hydrogen (secondary N) is 1. The normalized spacial score (nSPS) is 12.4. The summed E-state index contributed by atoms with van der Waals surface area (Å²) in [6.07, 6.45) is 4.94. The summed E-state index contributed by atoms with van der Waals surface area (Å²) in [5.74, 6) is 2.45. The quantitative estimate of drug-likeness (QED) is 0.567. The maximum absolute atomic E-state index is 6.05. The number of benzene rings is 2. The molecule has 0 spiro atoms. The molecule has 0 bridgehead atoms. The van der Waals surface area contributed by atoms with Crippen LogP contribution in [0, 0.1) is 5.92 Å². The second-order valence-corrected chi connectivity index (χ2v) is 6.36. The van der Waals surface area contributed by atoms with Crippen molar-refractivity contribution < 1.29 is 4.74 Å². The van der Waals surface area contributed by atoms with E-state index in [2.05, 4.69) is 35.9 Å². The van der Waals surface area contributed by atoms with E-state index in [4.69, 9.17) is 4.74 Å². The predicted molar refractivity (Wildman–Crippen MR) is 100 cm³/mol. The van der Waals surface area contributed by atoms with Crippen LogP contribution < -0.4 is 4.74 Å². The molecule has 0 aliphatic carbocycles. The van der Waals surface area contributed by atoms with Crippen LogP contribution in [0.5, 0.6) is 5.75 Å². The molecular formula is C21H26N2O. The minimum Gasteiger partial charge on any atom is -0.493 e. The average molecular weight is 322 g/mol. The number of unbranched alkanes of at least 4 members (excludes halogenated alkanes) is 1. The van der Waals surface area contributed by atoms with E-state index in [1.807, 2.05) is 36.4 Å². The van der Waals surface area contributed by atoms with Crippen molar-refractivity contribution in [2.24, 2.45) is 5.92 Å². The van der Waals surface area contributed by atoms with Crippen LogP contribution in [0.1, 0.15) is 39.5 Å². The van der Waals surface area contributed by atoms with Gasteiger partial charge in [0.25, 0.3) is 0 Å². The minimum absolute atomic E-state index is 0.639. The number of H-pyrrole nitrogens is 1. The first-order chi connectivity index (χ1) is 11.8. The van der Waals surface area contributed by atoms with Crippen molar-refractivity contribution in [2.45, 2.75) is 39.5 Å². The van der Waals surface area contributed by atoms with Crippen molar-refractivity contribution in [2.75, 3.05) is 6.61 Å². The Labute approximate surface area is 144 Å². The van der Waals surface area contributed by atoms with Crippen LogP contribution in [0.2, 0.25) is 0 Å². The molecule has 1 unspecified atom stereocenters. The van der Waals surface area contributed by atoms with E-state index in [1.165, 1.54) is 25.7 Å². The van der Waals surface area contributed by atoms with Gasteiger partial charge < -0.3 is 9.72 Å². The highest BCUT2D eigenvalue weighted by Crippen LogP contribution is 2.25. The zero-order valence-corrected chi connectivity index (χ0v) is 14.6. The number of imidazole rings is 1. The van der Waals surface area contributed by atoms with Gasteiger partial charge in [-0.15, -0.1) is 0 Å². The smallest absolute Gasteiger partial charge is 0.138 e. The molecule has 3 aromatic rings. The number of hydrogen-bond acceptors (Lipinski definition) is 2. The zero-order chi connectivity index (χ0) is 16.8. The van der Waals surface area contributed by atoms with Crippen molar-refractivity contribution in [3.05, 3.63) is 48.5 Å². The standard InChI is InChI=1S/C21H26N2O/c1-3-5-9-16(4-2)15-24-18-11-8-10-17(14-18)21-22-19-12-6-7-13-20(19)23-21/h6-8,10-14,16H,3-5,9,15H2,1-2H3,(H,22,23). The molecule has 1 N–H and O–H groups in total. The SMILES string of the molecule is CCCCC(CC)COc1cccc(-c2nc3ccccc3[nH]2)c1. The fourth-order valence-corrected chi connectivity index (χ4v) is 2.93. The van der Waals surface area contributed by atoms with Crippen molar-refractivity contribution in [3.63, 3.8) is 0 Å². The highest BCUT2D eigenvalue weighted by atomic mass is 16.5. The van der Waals surface area contributed by atoms with Crippen molar-refractivity contribution in [1.29, 1.82) is 0 Å². The average Bonchev–Trinajstić information content (AvgIpc) is 3.06. The summed E-state index contributed by atoms with van der Waals surface area (Å²) in [7, 11) is 0. The zero-order valence-electron chi connectivity index (χ0n) is 14.6. The number of aromatic amines is 1. The monoisotopic (exact) mass is 322 g/mol. The van der Waals surface area contributed by atoms with Crippen LogP contribution >= 0.6 is 0 Å². The van der Waals surface area contributed by atoms with Gasteiger partial charge in [0.15, 0.2) is 0 Å². The lowest BCUT2D eigenvalue weighted by Gasteiger charge is -2.15. The van der Waals surface area contributed by atoms with Gasteiger partial charge in [0.1, 0.15) is 11.6 Å². The molecule has 24 heavy (non-hydrogen) atoms. The second kappa shape index (κ2) is 8.00. The van der Waals surface area contributed by atoms with Gasteiger partial charge in [-0.2, -0.15) is 0 Å². The molecule has 0 aliphatic heterocycles. The van der Waals surface area contributed by atoms with Gasteiger partial charge in [0, 0.05) is 5.56 Å². The van der Waals surface area contributed by atoms with Crippen molar-refractivity contribution in [1.82, 2.24) is 9.97 Å². The van der Waals surface area contributed by atoms with Gasteiger partial charge in [-0.3, -0.25) is 0 Å². The molecular weight excluding hydrogens is 296 g/mol. The minimum atomic E-state index is 0.639. The lowest BCUT2D eigenvalue weighted by molar-refractivity contribution is 0.233. The molecule has 3 rings (SSSR count). The van der Waals surface area contributed by atoms with Gasteiger partial charge in [-0.05, 0) is 36.6 Å². The van der Waals surface area contributed by atoms with Crippen LogP contribution in [-0.2, 0) is 0 Å². The number of fused-ring (bicyclic) bond motifs is 1. The Morgan fingerprint density at radius 2 is 1.96 bits per heavy atom. The number of hydrogen-bond donors (Lipinski definition) is 1. The summed E-state index contributed by atoms with van der Waals surface area (Å²) in [5.41, 5.74) is 3.11. The van der Waals surface area contributed by atoms with Crippen LogP contribution in [0.3, 0.4) is 0 Å². The molecule has 126 valence electrons. The van der Waals surface area contributed by atoms with E-state index in [-0.39, 0.29) is 0 Å². The van der Waals surface area contributed by atoms with E-state index >= 15 is 0 Å². The first-order valence-corrected chi connectivity index (χ1v) is 8.98. The summed E-state index contributed by atoms with van der Waals surface area (Å²) in [6.45, 7) is 5.28. The summed E-state index contributed by atoms with van der Waals surface area (Å²) >= 11 is 0. The number of aromatic nitrogens is 2. The molecule has 1 aromatic heterocycles. The number of para-hydroxylation sites is 2. The highest BCUT2D eigenvalue weighted by molar-refractivity contribution is 5.79.